The maximum atomic E-state index is 12.9. The van der Waals surface area contributed by atoms with Gasteiger partial charge in [0.2, 0.25) is 0 Å². The van der Waals surface area contributed by atoms with Crippen LogP contribution in [0.15, 0.2) is 18.2 Å². The van der Waals surface area contributed by atoms with Crippen LogP contribution >= 0.6 is 22.9 Å². The largest absolute Gasteiger partial charge is 0.372 e. The highest BCUT2D eigenvalue weighted by molar-refractivity contribution is 14.1. The summed E-state index contributed by atoms with van der Waals surface area (Å²) in [6.07, 6.45) is 0.876. The van der Waals surface area contributed by atoms with E-state index in [9.17, 15) is 4.39 Å². The molecule has 1 aliphatic rings. The highest BCUT2D eigenvalue weighted by Crippen LogP contribution is 2.27. The fraction of sp³-hybridized carbons (Fsp3) is 0.400. The second kappa shape index (κ2) is 4.55. The van der Waals surface area contributed by atoms with Crippen LogP contribution in [0.4, 0.5) is 4.39 Å². The molecular formula is C10H11FINO. The van der Waals surface area contributed by atoms with Gasteiger partial charge in [-0.15, -0.1) is 0 Å². The van der Waals surface area contributed by atoms with E-state index < -0.39 is 0 Å². The Bertz CT molecular complexity index is 332. The first-order chi connectivity index (χ1) is 6.81. The number of halogens is 2. The molecule has 2 nitrogen and oxygen atoms in total. The van der Waals surface area contributed by atoms with Crippen molar-refractivity contribution in [2.75, 3.05) is 13.2 Å². The Hall–Kier alpha value is -0.200. The highest BCUT2D eigenvalue weighted by atomic mass is 127. The van der Waals surface area contributed by atoms with Crippen molar-refractivity contribution in [3.63, 3.8) is 0 Å². The first-order valence-electron chi connectivity index (χ1n) is 4.54. The fourth-order valence-electron chi connectivity index (χ4n) is 1.74. The zero-order chi connectivity index (χ0) is 9.97. The van der Waals surface area contributed by atoms with E-state index in [1.165, 1.54) is 6.07 Å². The number of ether oxygens (including phenoxy) is 1. The standard InChI is InChI=1S/C10H11FINO/c11-8-1-2-9-7(5-8)3-4-14-10(9)6-13-12/h1-2,5,10,13H,3-4,6H2/t10-/m0/s1. The maximum Gasteiger partial charge on any atom is 0.123 e. The van der Waals surface area contributed by atoms with E-state index in [1.807, 2.05) is 6.07 Å². The van der Waals surface area contributed by atoms with Crippen molar-refractivity contribution >= 4 is 22.9 Å². The molecule has 0 aliphatic carbocycles. The number of fused-ring (bicyclic) bond motifs is 1. The number of nitrogens with one attached hydrogen (secondary N) is 1. The van der Waals surface area contributed by atoms with Crippen molar-refractivity contribution in [2.45, 2.75) is 12.5 Å². The molecule has 1 aromatic rings. The van der Waals surface area contributed by atoms with Crippen LogP contribution in [0, 0.1) is 5.82 Å². The lowest BCUT2D eigenvalue weighted by molar-refractivity contribution is 0.0470. The van der Waals surface area contributed by atoms with E-state index >= 15 is 0 Å². The molecule has 1 aromatic carbocycles. The first-order valence-corrected chi connectivity index (χ1v) is 5.62. The Morgan fingerprint density at radius 1 is 1.57 bits per heavy atom. The first kappa shape index (κ1) is 10.3. The van der Waals surface area contributed by atoms with Crippen LogP contribution in [-0.4, -0.2) is 13.2 Å². The van der Waals surface area contributed by atoms with E-state index in [2.05, 4.69) is 26.4 Å². The molecule has 0 amide bonds. The van der Waals surface area contributed by atoms with Gasteiger partial charge >= 0.3 is 0 Å². The van der Waals surface area contributed by atoms with Crippen LogP contribution in [0.5, 0.6) is 0 Å². The fourth-order valence-corrected chi connectivity index (χ4v) is 2.14. The van der Waals surface area contributed by atoms with Crippen LogP contribution < -0.4 is 3.53 Å². The Morgan fingerprint density at radius 2 is 2.43 bits per heavy atom. The van der Waals surface area contributed by atoms with Gasteiger partial charge in [-0.25, -0.2) is 4.39 Å². The number of benzene rings is 1. The molecule has 0 saturated heterocycles. The lowest BCUT2D eigenvalue weighted by Gasteiger charge is -2.25. The maximum absolute atomic E-state index is 12.9. The summed E-state index contributed by atoms with van der Waals surface area (Å²) in [5, 5.41) is 0. The third kappa shape index (κ3) is 2.07. The van der Waals surface area contributed by atoms with Crippen molar-refractivity contribution in [3.05, 3.63) is 35.1 Å². The van der Waals surface area contributed by atoms with E-state index in [0.717, 1.165) is 24.1 Å². The molecule has 2 rings (SSSR count). The molecule has 0 unspecified atom stereocenters. The van der Waals surface area contributed by atoms with E-state index in [0.29, 0.717) is 6.61 Å². The summed E-state index contributed by atoms with van der Waals surface area (Å²) >= 11 is 2.09. The number of rotatable bonds is 2. The molecule has 1 N–H and O–H groups in total. The quantitative estimate of drug-likeness (QED) is 0.669. The minimum atomic E-state index is -0.160. The molecule has 0 radical (unpaired) electrons. The molecule has 0 fully saturated rings. The molecule has 0 bridgehead atoms. The van der Waals surface area contributed by atoms with Gasteiger partial charge in [-0.1, -0.05) is 6.07 Å². The van der Waals surface area contributed by atoms with Crippen molar-refractivity contribution < 1.29 is 9.13 Å². The zero-order valence-electron chi connectivity index (χ0n) is 7.59. The smallest absolute Gasteiger partial charge is 0.123 e. The average Bonchev–Trinajstić information content (AvgIpc) is 2.18. The van der Waals surface area contributed by atoms with Gasteiger partial charge in [0.1, 0.15) is 5.82 Å². The van der Waals surface area contributed by atoms with Gasteiger partial charge in [-0.2, -0.15) is 0 Å². The minimum Gasteiger partial charge on any atom is -0.372 e. The van der Waals surface area contributed by atoms with Gasteiger partial charge in [-0.05, 0) is 29.7 Å². The number of hydrogen-bond donors (Lipinski definition) is 1. The Labute approximate surface area is 96.3 Å². The predicted molar refractivity (Wildman–Crippen MR) is 60.8 cm³/mol. The second-order valence-corrected chi connectivity index (χ2v) is 4.05. The molecule has 0 spiro atoms. The Morgan fingerprint density at radius 3 is 3.21 bits per heavy atom. The molecule has 14 heavy (non-hydrogen) atoms. The average molecular weight is 307 g/mol. The van der Waals surface area contributed by atoms with E-state index in [1.54, 1.807) is 6.07 Å². The van der Waals surface area contributed by atoms with Gasteiger partial charge in [0, 0.05) is 29.4 Å². The molecule has 0 aromatic heterocycles. The summed E-state index contributed by atoms with van der Waals surface area (Å²) in [7, 11) is 0. The molecular weight excluding hydrogens is 296 g/mol. The summed E-state index contributed by atoms with van der Waals surface area (Å²) < 4.78 is 21.6. The Kier molecular flexibility index (Phi) is 3.35. The summed E-state index contributed by atoms with van der Waals surface area (Å²) in [5.41, 5.74) is 2.19. The number of hydrogen-bond acceptors (Lipinski definition) is 2. The summed E-state index contributed by atoms with van der Waals surface area (Å²) in [6, 6.07) is 4.92. The van der Waals surface area contributed by atoms with Crippen LogP contribution in [0.2, 0.25) is 0 Å². The normalized spacial score (nSPS) is 20.6. The molecule has 1 atom stereocenters. The topological polar surface area (TPSA) is 21.3 Å². The van der Waals surface area contributed by atoms with Gasteiger partial charge < -0.3 is 4.74 Å². The van der Waals surface area contributed by atoms with Gasteiger partial charge in [0.25, 0.3) is 0 Å². The van der Waals surface area contributed by atoms with E-state index in [4.69, 9.17) is 4.74 Å². The van der Waals surface area contributed by atoms with Gasteiger partial charge in [-0.3, -0.25) is 3.53 Å². The van der Waals surface area contributed by atoms with Gasteiger partial charge in [0.15, 0.2) is 0 Å². The zero-order valence-corrected chi connectivity index (χ0v) is 9.75. The molecule has 1 aliphatic heterocycles. The Balaban J connectivity index is 2.30. The monoisotopic (exact) mass is 307 g/mol. The summed E-state index contributed by atoms with van der Waals surface area (Å²) in [6.45, 7) is 1.44. The lowest BCUT2D eigenvalue weighted by Crippen LogP contribution is -2.23. The summed E-state index contributed by atoms with van der Waals surface area (Å²) in [5.74, 6) is -0.160. The van der Waals surface area contributed by atoms with Crippen molar-refractivity contribution in [1.29, 1.82) is 0 Å². The molecule has 1 heterocycles. The minimum absolute atomic E-state index is 0.0660. The van der Waals surface area contributed by atoms with Crippen molar-refractivity contribution in [2.24, 2.45) is 0 Å². The predicted octanol–water partition coefficient (Wildman–Crippen LogP) is 2.38. The van der Waals surface area contributed by atoms with Crippen LogP contribution in [-0.2, 0) is 11.2 Å². The lowest BCUT2D eigenvalue weighted by atomic mass is 9.97. The molecule has 0 saturated carbocycles. The van der Waals surface area contributed by atoms with Crippen molar-refractivity contribution in [1.82, 2.24) is 3.53 Å². The van der Waals surface area contributed by atoms with E-state index in [-0.39, 0.29) is 11.9 Å². The second-order valence-electron chi connectivity index (χ2n) is 3.29. The van der Waals surface area contributed by atoms with Crippen molar-refractivity contribution in [3.8, 4) is 0 Å². The SMILES string of the molecule is Fc1ccc2c(c1)CCO[C@H]2CNI. The van der Waals surface area contributed by atoms with Crippen LogP contribution in [0.3, 0.4) is 0 Å². The highest BCUT2D eigenvalue weighted by Gasteiger charge is 2.20. The van der Waals surface area contributed by atoms with Gasteiger partial charge in [0.05, 0.1) is 12.7 Å². The van der Waals surface area contributed by atoms with Crippen LogP contribution in [0.25, 0.3) is 0 Å². The third-order valence-electron chi connectivity index (χ3n) is 2.40. The third-order valence-corrected chi connectivity index (χ3v) is 2.85. The van der Waals surface area contributed by atoms with Crippen LogP contribution in [0.1, 0.15) is 17.2 Å². The molecule has 4 heteroatoms. The summed E-state index contributed by atoms with van der Waals surface area (Å²) in [4.78, 5) is 0. The molecule has 76 valence electrons.